The number of aryl methyl sites for hydroxylation is 1. The lowest BCUT2D eigenvalue weighted by molar-refractivity contribution is 0.0998. The van der Waals surface area contributed by atoms with E-state index in [1.54, 1.807) is 50.6 Å². The predicted molar refractivity (Wildman–Crippen MR) is 137 cm³/mol. The monoisotopic (exact) mass is 511 g/mol. The number of para-hydroxylation sites is 1. The number of nitrogens with zero attached hydrogens (tertiary/aromatic N) is 2. The zero-order valence-electron chi connectivity index (χ0n) is 19.5. The van der Waals surface area contributed by atoms with Gasteiger partial charge in [-0.2, -0.15) is 4.99 Å². The van der Waals surface area contributed by atoms with Gasteiger partial charge in [-0.25, -0.2) is 8.42 Å². The van der Waals surface area contributed by atoms with E-state index < -0.39 is 15.9 Å². The van der Waals surface area contributed by atoms with Crippen LogP contribution in [-0.4, -0.2) is 39.7 Å². The molecule has 0 aliphatic heterocycles. The van der Waals surface area contributed by atoms with Crippen molar-refractivity contribution in [3.63, 3.8) is 0 Å². The van der Waals surface area contributed by atoms with E-state index in [-0.39, 0.29) is 16.1 Å². The molecule has 1 heterocycles. The van der Waals surface area contributed by atoms with Crippen LogP contribution in [0.3, 0.4) is 0 Å². The van der Waals surface area contributed by atoms with Crippen molar-refractivity contribution in [2.24, 2.45) is 4.99 Å². The van der Waals surface area contributed by atoms with Crippen LogP contribution >= 0.6 is 11.3 Å². The van der Waals surface area contributed by atoms with Crippen LogP contribution in [0.25, 0.3) is 10.2 Å². The smallest absolute Gasteiger partial charge is 0.281 e. The Hall–Kier alpha value is -3.47. The normalized spacial score (nSPS) is 12.1. The third-order valence-corrected chi connectivity index (χ3v) is 7.76. The van der Waals surface area contributed by atoms with Gasteiger partial charge >= 0.3 is 0 Å². The molecular weight excluding hydrogens is 486 g/mol. The number of amides is 1. The molecule has 0 aliphatic rings. The van der Waals surface area contributed by atoms with Crippen LogP contribution in [0.5, 0.6) is 5.75 Å². The molecule has 0 atom stereocenters. The molecule has 0 saturated heterocycles. The predicted octanol–water partition coefficient (Wildman–Crippen LogP) is 4.21. The van der Waals surface area contributed by atoms with Crippen LogP contribution in [0.15, 0.2) is 76.6 Å². The highest BCUT2D eigenvalue weighted by Gasteiger charge is 2.19. The van der Waals surface area contributed by atoms with E-state index in [2.05, 4.69) is 9.71 Å². The van der Waals surface area contributed by atoms with Gasteiger partial charge < -0.3 is 14.0 Å². The lowest BCUT2D eigenvalue weighted by Crippen LogP contribution is -2.20. The molecule has 0 radical (unpaired) electrons. The SMILES string of the molecule is COCCn1c(=NC(=O)c2ccccc2NS(=O)(=O)c2ccc(C)cc2)sc2cc(OC)ccc21. The van der Waals surface area contributed by atoms with Crippen molar-refractivity contribution < 1.29 is 22.7 Å². The highest BCUT2D eigenvalue weighted by molar-refractivity contribution is 7.92. The number of sulfonamides is 1. The number of fused-ring (bicyclic) bond motifs is 1. The Labute approximate surface area is 207 Å². The molecule has 0 aliphatic carbocycles. The molecule has 0 fully saturated rings. The number of carbonyl (C=O) groups is 1. The molecule has 3 aromatic carbocycles. The summed E-state index contributed by atoms with van der Waals surface area (Å²) in [6.45, 7) is 2.81. The molecule has 1 N–H and O–H groups in total. The highest BCUT2D eigenvalue weighted by atomic mass is 32.2. The third-order valence-electron chi connectivity index (χ3n) is 5.34. The molecular formula is C25H25N3O5S2. The number of hydrogen-bond donors (Lipinski definition) is 1. The highest BCUT2D eigenvalue weighted by Crippen LogP contribution is 2.24. The van der Waals surface area contributed by atoms with Gasteiger partial charge in [-0.1, -0.05) is 41.2 Å². The number of anilines is 1. The molecule has 35 heavy (non-hydrogen) atoms. The second-order valence-electron chi connectivity index (χ2n) is 7.74. The van der Waals surface area contributed by atoms with Crippen molar-refractivity contribution in [2.45, 2.75) is 18.4 Å². The second-order valence-corrected chi connectivity index (χ2v) is 10.4. The van der Waals surface area contributed by atoms with Crippen LogP contribution in [0, 0.1) is 6.92 Å². The minimum Gasteiger partial charge on any atom is -0.497 e. The van der Waals surface area contributed by atoms with Gasteiger partial charge in [0.1, 0.15) is 5.75 Å². The molecule has 10 heteroatoms. The summed E-state index contributed by atoms with van der Waals surface area (Å²) >= 11 is 1.35. The summed E-state index contributed by atoms with van der Waals surface area (Å²) in [6, 6.07) is 18.6. The Bertz CT molecular complexity index is 1540. The van der Waals surface area contributed by atoms with Gasteiger partial charge in [0.25, 0.3) is 15.9 Å². The van der Waals surface area contributed by atoms with E-state index in [0.29, 0.717) is 23.7 Å². The fourth-order valence-electron chi connectivity index (χ4n) is 3.49. The van der Waals surface area contributed by atoms with Gasteiger partial charge in [-0.15, -0.1) is 0 Å². The van der Waals surface area contributed by atoms with Crippen molar-refractivity contribution in [1.82, 2.24) is 4.57 Å². The van der Waals surface area contributed by atoms with E-state index in [0.717, 1.165) is 15.8 Å². The Kier molecular flexibility index (Phi) is 7.34. The molecule has 0 spiro atoms. The molecule has 0 unspecified atom stereocenters. The van der Waals surface area contributed by atoms with Crippen LogP contribution < -0.4 is 14.3 Å². The van der Waals surface area contributed by atoms with Gasteiger partial charge in [0.15, 0.2) is 4.80 Å². The lowest BCUT2D eigenvalue weighted by Gasteiger charge is -2.11. The number of nitrogens with one attached hydrogen (secondary N) is 1. The summed E-state index contributed by atoms with van der Waals surface area (Å²) in [5, 5.41) is 0. The number of carbonyl (C=O) groups excluding carboxylic acids is 1. The Morgan fingerprint density at radius 1 is 1.06 bits per heavy atom. The van der Waals surface area contributed by atoms with Crippen molar-refractivity contribution in [3.05, 3.63) is 82.7 Å². The maximum atomic E-state index is 13.3. The zero-order valence-corrected chi connectivity index (χ0v) is 21.2. The van der Waals surface area contributed by atoms with E-state index >= 15 is 0 Å². The lowest BCUT2D eigenvalue weighted by atomic mass is 10.2. The van der Waals surface area contributed by atoms with Gasteiger partial charge in [-0.3, -0.25) is 9.52 Å². The summed E-state index contributed by atoms with van der Waals surface area (Å²) in [4.78, 5) is 18.2. The Balaban J connectivity index is 1.74. The summed E-state index contributed by atoms with van der Waals surface area (Å²) in [7, 11) is -0.682. The largest absolute Gasteiger partial charge is 0.497 e. The van der Waals surface area contributed by atoms with Gasteiger partial charge in [0.05, 0.1) is 40.1 Å². The van der Waals surface area contributed by atoms with Crippen molar-refractivity contribution in [3.8, 4) is 5.75 Å². The average molecular weight is 512 g/mol. The second kappa shape index (κ2) is 10.4. The van der Waals surface area contributed by atoms with Crippen LogP contribution in [0.4, 0.5) is 5.69 Å². The average Bonchev–Trinajstić information content (AvgIpc) is 3.18. The van der Waals surface area contributed by atoms with Gasteiger partial charge in [-0.05, 0) is 49.4 Å². The maximum Gasteiger partial charge on any atom is 0.281 e. The zero-order chi connectivity index (χ0) is 25.0. The number of rotatable bonds is 8. The first kappa shape index (κ1) is 24.6. The molecule has 4 aromatic rings. The van der Waals surface area contributed by atoms with Gasteiger partial charge in [0.2, 0.25) is 0 Å². The summed E-state index contributed by atoms with van der Waals surface area (Å²) in [5.41, 5.74) is 2.15. The summed E-state index contributed by atoms with van der Waals surface area (Å²) in [5.74, 6) is 0.142. The third kappa shape index (κ3) is 5.45. The Morgan fingerprint density at radius 3 is 2.51 bits per heavy atom. The summed E-state index contributed by atoms with van der Waals surface area (Å²) < 4.78 is 41.7. The summed E-state index contributed by atoms with van der Waals surface area (Å²) in [6.07, 6.45) is 0. The van der Waals surface area contributed by atoms with Crippen molar-refractivity contribution in [2.75, 3.05) is 25.5 Å². The fourth-order valence-corrected chi connectivity index (χ4v) is 5.65. The van der Waals surface area contributed by atoms with Crippen molar-refractivity contribution in [1.29, 1.82) is 0 Å². The molecule has 0 bridgehead atoms. The van der Waals surface area contributed by atoms with E-state index in [4.69, 9.17) is 9.47 Å². The Morgan fingerprint density at radius 2 is 1.80 bits per heavy atom. The first-order valence-corrected chi connectivity index (χ1v) is 13.1. The standard InChI is InChI=1S/C25H25N3O5S2/c1-17-8-11-19(12-9-17)35(30,31)27-21-7-5-4-6-20(21)24(29)26-25-28(14-15-32-2)22-13-10-18(33-3)16-23(22)34-25/h4-13,16,27H,14-15H2,1-3H3. The molecule has 1 aromatic heterocycles. The van der Waals surface area contributed by atoms with E-state index in [1.165, 1.54) is 23.5 Å². The minimum atomic E-state index is -3.88. The molecule has 1 amide bonds. The molecule has 4 rings (SSSR count). The number of methoxy groups -OCH3 is 2. The van der Waals surface area contributed by atoms with E-state index in [9.17, 15) is 13.2 Å². The molecule has 8 nitrogen and oxygen atoms in total. The number of benzene rings is 3. The quantitative estimate of drug-likeness (QED) is 0.382. The van der Waals surface area contributed by atoms with E-state index in [1.807, 2.05) is 29.7 Å². The first-order valence-electron chi connectivity index (χ1n) is 10.8. The maximum absolute atomic E-state index is 13.3. The number of hydrogen-bond acceptors (Lipinski definition) is 6. The van der Waals surface area contributed by atoms with Gasteiger partial charge in [0, 0.05) is 13.7 Å². The van der Waals surface area contributed by atoms with Crippen LogP contribution in [0.2, 0.25) is 0 Å². The minimum absolute atomic E-state index is 0.109. The van der Waals surface area contributed by atoms with Crippen LogP contribution in [0.1, 0.15) is 15.9 Å². The van der Waals surface area contributed by atoms with Crippen LogP contribution in [-0.2, 0) is 21.3 Å². The number of thiazole rings is 1. The fraction of sp³-hybridized carbons (Fsp3) is 0.200. The topological polar surface area (TPSA) is 99.0 Å². The first-order chi connectivity index (χ1) is 16.8. The molecule has 0 saturated carbocycles. The number of aromatic nitrogens is 1. The molecule has 182 valence electrons. The van der Waals surface area contributed by atoms with Crippen molar-refractivity contribution >= 4 is 43.2 Å². The number of ether oxygens (including phenoxy) is 2.